The van der Waals surface area contributed by atoms with Crippen LogP contribution in [-0.4, -0.2) is 28.0 Å². The fourth-order valence-electron chi connectivity index (χ4n) is 2.10. The Hall–Kier alpha value is -2.16. The molecule has 2 aromatic rings. The van der Waals surface area contributed by atoms with Gasteiger partial charge in [0.25, 0.3) is 0 Å². The summed E-state index contributed by atoms with van der Waals surface area (Å²) in [5.74, 6) is -0.665. The van der Waals surface area contributed by atoms with Gasteiger partial charge in [0.2, 0.25) is 15.9 Å². The molecule has 0 aliphatic rings. The molecule has 0 aliphatic carbocycles. The molecule has 0 fully saturated rings. The van der Waals surface area contributed by atoms with E-state index in [0.29, 0.717) is 16.5 Å². The molecule has 9 heteroatoms. The molecule has 0 bridgehead atoms. The minimum absolute atomic E-state index is 0.0887. The van der Waals surface area contributed by atoms with Gasteiger partial charge in [-0.15, -0.1) is 0 Å². The van der Waals surface area contributed by atoms with Crippen molar-refractivity contribution < 1.29 is 22.3 Å². The zero-order chi connectivity index (χ0) is 18.6. The van der Waals surface area contributed by atoms with E-state index in [0.717, 1.165) is 18.2 Å². The largest absolute Gasteiger partial charge is 0.495 e. The quantitative estimate of drug-likeness (QED) is 0.799. The molecule has 134 valence electrons. The summed E-state index contributed by atoms with van der Waals surface area (Å²) in [5.41, 5.74) is 0.641. The van der Waals surface area contributed by atoms with Crippen molar-refractivity contribution in [3.63, 3.8) is 0 Å². The summed E-state index contributed by atoms with van der Waals surface area (Å²) >= 11 is 5.95. The molecule has 2 aromatic carbocycles. The summed E-state index contributed by atoms with van der Waals surface area (Å²) < 4.78 is 44.7. The molecule has 0 saturated heterocycles. The molecule has 0 unspecified atom stereocenters. The normalized spacial score (nSPS) is 11.2. The number of anilines is 1. The van der Waals surface area contributed by atoms with Gasteiger partial charge in [-0.25, -0.2) is 17.5 Å². The smallest absolute Gasteiger partial charge is 0.241 e. The zero-order valence-corrected chi connectivity index (χ0v) is 15.0. The highest BCUT2D eigenvalue weighted by Gasteiger charge is 2.18. The standard InChI is InChI=1S/C16H16ClFN2O4S/c1-10-7-11(18)3-6-15(10)25(22,23)19-9-16(21)20-12-4-5-14(24-2)13(17)8-12/h3-8,19H,9H2,1-2H3,(H,20,21). The number of carbonyl (C=O) groups is 1. The molecule has 0 radical (unpaired) electrons. The van der Waals surface area contributed by atoms with Crippen LogP contribution in [0.25, 0.3) is 0 Å². The van der Waals surface area contributed by atoms with Gasteiger partial charge in [0.05, 0.1) is 23.6 Å². The van der Waals surface area contributed by atoms with E-state index in [1.54, 1.807) is 12.1 Å². The Morgan fingerprint density at radius 1 is 1.24 bits per heavy atom. The summed E-state index contributed by atoms with van der Waals surface area (Å²) in [6.45, 7) is 0.986. The first-order chi connectivity index (χ1) is 11.7. The van der Waals surface area contributed by atoms with Crippen molar-refractivity contribution in [2.75, 3.05) is 19.0 Å². The molecule has 0 saturated carbocycles. The number of carbonyl (C=O) groups excluding carboxylic acids is 1. The van der Waals surface area contributed by atoms with Gasteiger partial charge >= 0.3 is 0 Å². The predicted molar refractivity (Wildman–Crippen MR) is 93.0 cm³/mol. The highest BCUT2D eigenvalue weighted by Crippen LogP contribution is 2.27. The highest BCUT2D eigenvalue weighted by molar-refractivity contribution is 7.89. The van der Waals surface area contributed by atoms with Crippen LogP contribution in [0.3, 0.4) is 0 Å². The second-order valence-corrected chi connectivity index (χ2v) is 7.27. The Bertz CT molecular complexity index is 903. The number of nitrogens with one attached hydrogen (secondary N) is 2. The second-order valence-electron chi connectivity index (χ2n) is 5.13. The van der Waals surface area contributed by atoms with Crippen LogP contribution >= 0.6 is 11.6 Å². The Labute approximate surface area is 150 Å². The van der Waals surface area contributed by atoms with Crippen LogP contribution in [0, 0.1) is 12.7 Å². The van der Waals surface area contributed by atoms with Crippen molar-refractivity contribution in [1.29, 1.82) is 0 Å². The third kappa shape index (κ3) is 4.91. The average molecular weight is 387 g/mol. The van der Waals surface area contributed by atoms with Crippen molar-refractivity contribution in [3.8, 4) is 5.75 Å². The lowest BCUT2D eigenvalue weighted by atomic mass is 10.2. The monoisotopic (exact) mass is 386 g/mol. The van der Waals surface area contributed by atoms with Crippen LogP contribution < -0.4 is 14.8 Å². The Morgan fingerprint density at radius 2 is 1.96 bits per heavy atom. The van der Waals surface area contributed by atoms with E-state index >= 15 is 0 Å². The molecule has 6 nitrogen and oxygen atoms in total. The van der Waals surface area contributed by atoms with Gasteiger partial charge in [-0.05, 0) is 48.9 Å². The molecule has 1 amide bonds. The number of halogens is 2. The number of methoxy groups -OCH3 is 1. The number of hydrogen-bond donors (Lipinski definition) is 2. The van der Waals surface area contributed by atoms with Crippen molar-refractivity contribution in [2.24, 2.45) is 0 Å². The van der Waals surface area contributed by atoms with Gasteiger partial charge in [-0.1, -0.05) is 11.6 Å². The lowest BCUT2D eigenvalue weighted by molar-refractivity contribution is -0.115. The van der Waals surface area contributed by atoms with E-state index in [4.69, 9.17) is 16.3 Å². The van der Waals surface area contributed by atoms with Crippen molar-refractivity contribution in [3.05, 3.63) is 52.8 Å². The Balaban J connectivity index is 2.02. The Kier molecular flexibility index (Phi) is 5.99. The molecular weight excluding hydrogens is 371 g/mol. The number of hydrogen-bond acceptors (Lipinski definition) is 4. The molecule has 2 rings (SSSR count). The van der Waals surface area contributed by atoms with Gasteiger partial charge in [0.1, 0.15) is 11.6 Å². The number of sulfonamides is 1. The molecule has 0 atom stereocenters. The van der Waals surface area contributed by atoms with Crippen molar-refractivity contribution in [2.45, 2.75) is 11.8 Å². The molecule has 0 aromatic heterocycles. The fraction of sp³-hybridized carbons (Fsp3) is 0.188. The number of benzene rings is 2. The van der Waals surface area contributed by atoms with E-state index < -0.39 is 28.3 Å². The topological polar surface area (TPSA) is 84.5 Å². The number of amides is 1. The lowest BCUT2D eigenvalue weighted by Gasteiger charge is -2.10. The molecule has 0 aliphatic heterocycles. The maximum absolute atomic E-state index is 13.1. The van der Waals surface area contributed by atoms with Crippen molar-refractivity contribution in [1.82, 2.24) is 4.72 Å². The van der Waals surface area contributed by atoms with Crippen molar-refractivity contribution >= 4 is 33.2 Å². The summed E-state index contributed by atoms with van der Waals surface area (Å²) in [6, 6.07) is 7.92. The van der Waals surface area contributed by atoms with Gasteiger partial charge < -0.3 is 10.1 Å². The van der Waals surface area contributed by atoms with E-state index in [9.17, 15) is 17.6 Å². The van der Waals surface area contributed by atoms with Crippen LogP contribution in [0.2, 0.25) is 5.02 Å². The van der Waals surface area contributed by atoms with Gasteiger partial charge in [0.15, 0.2) is 0 Å². The number of aryl methyl sites for hydroxylation is 1. The summed E-state index contributed by atoms with van der Waals surface area (Å²) in [6.07, 6.45) is 0. The minimum Gasteiger partial charge on any atom is -0.495 e. The maximum atomic E-state index is 13.1. The SMILES string of the molecule is COc1ccc(NC(=O)CNS(=O)(=O)c2ccc(F)cc2C)cc1Cl. The van der Waals surface area contributed by atoms with E-state index in [1.807, 2.05) is 0 Å². The van der Waals surface area contributed by atoms with Gasteiger partial charge in [-0.2, -0.15) is 0 Å². The fourth-order valence-corrected chi connectivity index (χ4v) is 3.57. The summed E-state index contributed by atoms with van der Waals surface area (Å²) in [4.78, 5) is 11.8. The maximum Gasteiger partial charge on any atom is 0.241 e. The third-order valence-electron chi connectivity index (χ3n) is 3.28. The van der Waals surface area contributed by atoms with Crippen LogP contribution in [-0.2, 0) is 14.8 Å². The number of ether oxygens (including phenoxy) is 1. The van der Waals surface area contributed by atoms with Gasteiger partial charge in [-0.3, -0.25) is 4.79 Å². The summed E-state index contributed by atoms with van der Waals surface area (Å²) in [5, 5.41) is 2.82. The van der Waals surface area contributed by atoms with Crippen LogP contribution in [0.4, 0.5) is 10.1 Å². The third-order valence-corrected chi connectivity index (χ3v) is 5.14. The molecule has 0 spiro atoms. The van der Waals surface area contributed by atoms with E-state index in [1.165, 1.54) is 20.1 Å². The molecule has 2 N–H and O–H groups in total. The van der Waals surface area contributed by atoms with Crippen LogP contribution in [0.5, 0.6) is 5.75 Å². The van der Waals surface area contributed by atoms with E-state index in [-0.39, 0.29) is 10.5 Å². The first kappa shape index (κ1) is 19.2. The average Bonchev–Trinajstić information content (AvgIpc) is 2.53. The molecule has 0 heterocycles. The van der Waals surface area contributed by atoms with E-state index in [2.05, 4.69) is 10.0 Å². The molecular formula is C16H16ClFN2O4S. The number of rotatable bonds is 6. The summed E-state index contributed by atoms with van der Waals surface area (Å²) in [7, 11) is -2.47. The Morgan fingerprint density at radius 3 is 2.56 bits per heavy atom. The highest BCUT2D eigenvalue weighted by atomic mass is 35.5. The molecule has 25 heavy (non-hydrogen) atoms. The minimum atomic E-state index is -3.94. The first-order valence-corrected chi connectivity index (χ1v) is 8.98. The van der Waals surface area contributed by atoms with Crippen LogP contribution in [0.1, 0.15) is 5.56 Å². The zero-order valence-electron chi connectivity index (χ0n) is 13.5. The van der Waals surface area contributed by atoms with Gasteiger partial charge in [0, 0.05) is 5.69 Å². The predicted octanol–water partition coefficient (Wildman–Crippen LogP) is 2.71. The lowest BCUT2D eigenvalue weighted by Crippen LogP contribution is -2.33. The first-order valence-electron chi connectivity index (χ1n) is 7.12. The van der Waals surface area contributed by atoms with Crippen LogP contribution in [0.15, 0.2) is 41.3 Å². The second kappa shape index (κ2) is 7.81.